The Kier molecular flexibility index (Phi) is 5.38. The van der Waals surface area contributed by atoms with E-state index >= 15 is 0 Å². The van der Waals surface area contributed by atoms with Gasteiger partial charge in [-0.2, -0.15) is 0 Å². The van der Waals surface area contributed by atoms with E-state index < -0.39 is 5.92 Å². The third-order valence-corrected chi connectivity index (χ3v) is 5.27. The van der Waals surface area contributed by atoms with Gasteiger partial charge >= 0.3 is 0 Å². The van der Waals surface area contributed by atoms with Crippen LogP contribution in [0.25, 0.3) is 0 Å². The summed E-state index contributed by atoms with van der Waals surface area (Å²) in [5.74, 6) is 0.326. The van der Waals surface area contributed by atoms with Gasteiger partial charge in [0.15, 0.2) is 11.5 Å². The zero-order valence-corrected chi connectivity index (χ0v) is 16.3. The first kappa shape index (κ1) is 19.2. The van der Waals surface area contributed by atoms with Crippen LogP contribution in [0, 0.1) is 11.7 Å². The number of anilines is 1. The highest BCUT2D eigenvalue weighted by molar-refractivity contribution is 6.00. The lowest BCUT2D eigenvalue weighted by atomic mass is 10.1. The molecule has 0 N–H and O–H groups in total. The number of benzene rings is 2. The molecule has 2 aromatic carbocycles. The van der Waals surface area contributed by atoms with E-state index in [2.05, 4.69) is 0 Å². The third kappa shape index (κ3) is 4.04. The highest BCUT2D eigenvalue weighted by atomic mass is 19.1. The molecule has 0 saturated carbocycles. The topological polar surface area (TPSA) is 59.1 Å². The van der Waals surface area contributed by atoms with Gasteiger partial charge in [0.1, 0.15) is 19.0 Å². The van der Waals surface area contributed by atoms with Gasteiger partial charge in [-0.1, -0.05) is 12.1 Å². The van der Waals surface area contributed by atoms with Gasteiger partial charge in [-0.05, 0) is 36.8 Å². The van der Waals surface area contributed by atoms with Crippen molar-refractivity contribution in [2.45, 2.75) is 19.9 Å². The molecule has 0 radical (unpaired) electrons. The average Bonchev–Trinajstić information content (AvgIpc) is 3.13. The molecular weight excluding hydrogens is 375 g/mol. The first-order valence-electron chi connectivity index (χ1n) is 9.78. The van der Waals surface area contributed by atoms with Gasteiger partial charge in [0.25, 0.3) is 0 Å². The van der Waals surface area contributed by atoms with Crippen LogP contribution in [-0.2, 0) is 16.1 Å². The number of amides is 2. The molecule has 1 fully saturated rings. The Morgan fingerprint density at radius 1 is 1.17 bits per heavy atom. The van der Waals surface area contributed by atoms with Crippen LogP contribution in [0.5, 0.6) is 11.5 Å². The number of carbonyl (C=O) groups excluding carboxylic acids is 2. The largest absolute Gasteiger partial charge is 0.486 e. The molecule has 0 bridgehead atoms. The summed E-state index contributed by atoms with van der Waals surface area (Å²) >= 11 is 0. The van der Waals surface area contributed by atoms with Crippen LogP contribution in [0.15, 0.2) is 42.5 Å². The van der Waals surface area contributed by atoms with Crippen molar-refractivity contribution in [2.75, 3.05) is 31.2 Å². The second-order valence-electron chi connectivity index (χ2n) is 7.22. The van der Waals surface area contributed by atoms with E-state index in [4.69, 9.17) is 9.47 Å². The maximum atomic E-state index is 13.5. The lowest BCUT2D eigenvalue weighted by Crippen LogP contribution is -2.37. The SMILES string of the molecule is CCN(Cc1cccc(F)c1)C(=O)C1CC(=O)N(c2ccc3c(c2)OCCO3)C1. The molecular formula is C22H23FN2O4. The Balaban J connectivity index is 1.47. The monoisotopic (exact) mass is 398 g/mol. The number of carbonyl (C=O) groups is 2. The van der Waals surface area contributed by atoms with Crippen LogP contribution in [0.1, 0.15) is 18.9 Å². The molecule has 1 saturated heterocycles. The third-order valence-electron chi connectivity index (χ3n) is 5.27. The summed E-state index contributed by atoms with van der Waals surface area (Å²) in [5.41, 5.74) is 1.43. The van der Waals surface area contributed by atoms with Gasteiger partial charge in [0.2, 0.25) is 11.8 Å². The van der Waals surface area contributed by atoms with Crippen molar-refractivity contribution in [1.82, 2.24) is 4.90 Å². The van der Waals surface area contributed by atoms with Gasteiger partial charge < -0.3 is 19.3 Å². The number of fused-ring (bicyclic) bond motifs is 1. The molecule has 6 nitrogen and oxygen atoms in total. The van der Waals surface area contributed by atoms with Crippen LogP contribution in [0.4, 0.5) is 10.1 Å². The van der Waals surface area contributed by atoms with E-state index in [1.54, 1.807) is 34.1 Å². The quantitative estimate of drug-likeness (QED) is 0.777. The predicted octanol–water partition coefficient (Wildman–Crippen LogP) is 3.00. The van der Waals surface area contributed by atoms with Gasteiger partial charge in [0, 0.05) is 37.8 Å². The van der Waals surface area contributed by atoms with Crippen LogP contribution in [0.3, 0.4) is 0 Å². The minimum absolute atomic E-state index is 0.0924. The maximum Gasteiger partial charge on any atom is 0.228 e. The fourth-order valence-electron chi connectivity index (χ4n) is 3.78. The van der Waals surface area contributed by atoms with Crippen LogP contribution in [-0.4, -0.2) is 43.0 Å². The zero-order valence-electron chi connectivity index (χ0n) is 16.3. The van der Waals surface area contributed by atoms with Crippen LogP contribution >= 0.6 is 0 Å². The summed E-state index contributed by atoms with van der Waals surface area (Å²) in [5, 5.41) is 0. The highest BCUT2D eigenvalue weighted by Gasteiger charge is 2.37. The molecule has 7 heteroatoms. The standard InChI is InChI=1S/C22H23FN2O4/c1-2-24(13-15-4-3-5-17(23)10-15)22(27)16-11-21(26)25(14-16)18-6-7-19-20(12-18)29-9-8-28-19/h3-7,10,12,16H,2,8-9,11,13-14H2,1H3. The second kappa shape index (κ2) is 8.11. The Morgan fingerprint density at radius 3 is 2.72 bits per heavy atom. The lowest BCUT2D eigenvalue weighted by Gasteiger charge is -2.25. The van der Waals surface area contributed by atoms with Crippen molar-refractivity contribution in [3.63, 3.8) is 0 Å². The molecule has 0 aliphatic carbocycles. The van der Waals surface area contributed by atoms with E-state index in [-0.39, 0.29) is 24.1 Å². The number of rotatable bonds is 5. The molecule has 29 heavy (non-hydrogen) atoms. The van der Waals surface area contributed by atoms with Crippen molar-refractivity contribution in [1.29, 1.82) is 0 Å². The zero-order chi connectivity index (χ0) is 20.4. The molecule has 2 aliphatic heterocycles. The second-order valence-corrected chi connectivity index (χ2v) is 7.22. The molecule has 152 valence electrons. The molecule has 0 aromatic heterocycles. The number of halogens is 1. The fourth-order valence-corrected chi connectivity index (χ4v) is 3.78. The molecule has 2 aliphatic rings. The molecule has 2 amide bonds. The average molecular weight is 398 g/mol. The Labute approximate surface area is 168 Å². The minimum atomic E-state index is -0.427. The molecule has 1 atom stereocenters. The van der Waals surface area contributed by atoms with Crippen molar-refractivity contribution >= 4 is 17.5 Å². The minimum Gasteiger partial charge on any atom is -0.486 e. The number of ether oxygens (including phenoxy) is 2. The molecule has 4 rings (SSSR count). The number of nitrogens with zero attached hydrogens (tertiary/aromatic N) is 2. The lowest BCUT2D eigenvalue weighted by molar-refractivity contribution is -0.136. The van der Waals surface area contributed by atoms with Gasteiger partial charge in [-0.3, -0.25) is 9.59 Å². The van der Waals surface area contributed by atoms with E-state index in [0.717, 1.165) is 5.56 Å². The van der Waals surface area contributed by atoms with Crippen molar-refractivity contribution in [2.24, 2.45) is 5.92 Å². The van der Waals surface area contributed by atoms with E-state index in [1.165, 1.54) is 12.1 Å². The summed E-state index contributed by atoms with van der Waals surface area (Å²) in [6.07, 6.45) is 0.160. The smallest absolute Gasteiger partial charge is 0.228 e. The van der Waals surface area contributed by atoms with E-state index in [0.29, 0.717) is 50.0 Å². The summed E-state index contributed by atoms with van der Waals surface area (Å²) < 4.78 is 24.6. The fraction of sp³-hybridized carbons (Fsp3) is 0.364. The molecule has 0 spiro atoms. The number of hydrogen-bond acceptors (Lipinski definition) is 4. The number of hydrogen-bond donors (Lipinski definition) is 0. The highest BCUT2D eigenvalue weighted by Crippen LogP contribution is 2.36. The van der Waals surface area contributed by atoms with Gasteiger partial charge in [0.05, 0.1) is 5.92 Å². The van der Waals surface area contributed by atoms with Crippen molar-refractivity contribution < 1.29 is 23.5 Å². The van der Waals surface area contributed by atoms with Crippen LogP contribution < -0.4 is 14.4 Å². The molecule has 2 aromatic rings. The van der Waals surface area contributed by atoms with Crippen LogP contribution in [0.2, 0.25) is 0 Å². The Morgan fingerprint density at radius 2 is 1.97 bits per heavy atom. The first-order valence-corrected chi connectivity index (χ1v) is 9.78. The summed E-state index contributed by atoms with van der Waals surface area (Å²) in [4.78, 5) is 28.9. The van der Waals surface area contributed by atoms with Crippen molar-refractivity contribution in [3.05, 3.63) is 53.8 Å². The maximum absolute atomic E-state index is 13.5. The first-order chi connectivity index (χ1) is 14.0. The summed E-state index contributed by atoms with van der Waals surface area (Å²) in [7, 11) is 0. The summed E-state index contributed by atoms with van der Waals surface area (Å²) in [6, 6.07) is 11.6. The predicted molar refractivity (Wildman–Crippen MR) is 105 cm³/mol. The van der Waals surface area contributed by atoms with Gasteiger partial charge in [-0.15, -0.1) is 0 Å². The Bertz CT molecular complexity index is 933. The Hall–Kier alpha value is -3.09. The van der Waals surface area contributed by atoms with E-state index in [9.17, 15) is 14.0 Å². The van der Waals surface area contributed by atoms with Gasteiger partial charge in [-0.25, -0.2) is 4.39 Å². The normalized spacial score (nSPS) is 18.1. The van der Waals surface area contributed by atoms with E-state index in [1.807, 2.05) is 13.0 Å². The van der Waals surface area contributed by atoms with Crippen molar-refractivity contribution in [3.8, 4) is 11.5 Å². The molecule has 1 unspecified atom stereocenters. The summed E-state index contributed by atoms with van der Waals surface area (Å²) in [6.45, 7) is 3.98. The molecule has 2 heterocycles.